The number of benzene rings is 2. The lowest BCUT2D eigenvalue weighted by Crippen LogP contribution is -1.96. The summed E-state index contributed by atoms with van der Waals surface area (Å²) in [6, 6.07) is 7.98. The molecule has 0 amide bonds. The monoisotopic (exact) mass is 272 g/mol. The Kier molecular flexibility index (Phi) is 2.74. The van der Waals surface area contributed by atoms with E-state index in [0.717, 1.165) is 23.1 Å². The fourth-order valence-corrected chi connectivity index (χ4v) is 3.02. The van der Waals surface area contributed by atoms with E-state index in [9.17, 15) is 20.4 Å². The molecule has 1 aliphatic rings. The summed E-state index contributed by atoms with van der Waals surface area (Å²) < 4.78 is 0. The Morgan fingerprint density at radius 3 is 2.05 bits per heavy atom. The highest BCUT2D eigenvalue weighted by atomic mass is 16.3. The second-order valence-electron chi connectivity index (χ2n) is 5.41. The van der Waals surface area contributed by atoms with Crippen molar-refractivity contribution in [1.82, 2.24) is 0 Å². The molecule has 1 aliphatic carbocycles. The molecule has 104 valence electrons. The standard InChI is InChI=1S/C16H16O4/c1-8-4-11(9-2-3-13(17)14(18)5-9)12-7-16(20)15(19)6-10(8)12/h2-3,5-8,11,17-20H,4H2,1H3/t8-,11-/m0/s1. The van der Waals surface area contributed by atoms with Crippen molar-refractivity contribution in [1.29, 1.82) is 0 Å². The Bertz CT molecular complexity index is 678. The summed E-state index contributed by atoms with van der Waals surface area (Å²) in [7, 11) is 0. The molecule has 2 aromatic rings. The number of phenols is 4. The highest BCUT2D eigenvalue weighted by Crippen LogP contribution is 2.49. The minimum atomic E-state index is -0.147. The molecule has 0 spiro atoms. The smallest absolute Gasteiger partial charge is 0.157 e. The van der Waals surface area contributed by atoms with Crippen molar-refractivity contribution in [3.05, 3.63) is 47.0 Å². The predicted octanol–water partition coefficient (Wildman–Crippen LogP) is 3.15. The molecular formula is C16H16O4. The lowest BCUT2D eigenvalue weighted by molar-refractivity contribution is 0.402. The van der Waals surface area contributed by atoms with Gasteiger partial charge in [0, 0.05) is 5.92 Å². The lowest BCUT2D eigenvalue weighted by Gasteiger charge is -2.13. The van der Waals surface area contributed by atoms with Crippen molar-refractivity contribution < 1.29 is 20.4 Å². The third-order valence-electron chi connectivity index (χ3n) is 4.08. The van der Waals surface area contributed by atoms with Crippen LogP contribution >= 0.6 is 0 Å². The van der Waals surface area contributed by atoms with Crippen molar-refractivity contribution in [2.45, 2.75) is 25.2 Å². The topological polar surface area (TPSA) is 80.9 Å². The van der Waals surface area contributed by atoms with Gasteiger partial charge in [-0.1, -0.05) is 13.0 Å². The van der Waals surface area contributed by atoms with Gasteiger partial charge in [0.1, 0.15) is 0 Å². The molecule has 2 atom stereocenters. The van der Waals surface area contributed by atoms with E-state index in [0.29, 0.717) is 0 Å². The van der Waals surface area contributed by atoms with Crippen molar-refractivity contribution in [2.24, 2.45) is 0 Å². The molecule has 20 heavy (non-hydrogen) atoms. The van der Waals surface area contributed by atoms with Gasteiger partial charge in [-0.25, -0.2) is 0 Å². The first-order valence-electron chi connectivity index (χ1n) is 6.55. The molecule has 0 saturated heterocycles. The van der Waals surface area contributed by atoms with Gasteiger partial charge in [0.25, 0.3) is 0 Å². The van der Waals surface area contributed by atoms with Crippen LogP contribution in [0.3, 0.4) is 0 Å². The summed E-state index contributed by atoms with van der Waals surface area (Å²) in [5.74, 6) is -0.230. The third-order valence-corrected chi connectivity index (χ3v) is 4.08. The first kappa shape index (κ1) is 12.7. The average molecular weight is 272 g/mol. The highest BCUT2D eigenvalue weighted by molar-refractivity contribution is 5.54. The van der Waals surface area contributed by atoms with Gasteiger partial charge in [-0.05, 0) is 53.3 Å². The molecule has 0 heterocycles. The lowest BCUT2D eigenvalue weighted by atomic mass is 9.92. The largest absolute Gasteiger partial charge is 0.504 e. The number of fused-ring (bicyclic) bond motifs is 1. The second-order valence-corrected chi connectivity index (χ2v) is 5.41. The van der Waals surface area contributed by atoms with Gasteiger partial charge in [0.05, 0.1) is 0 Å². The van der Waals surface area contributed by atoms with E-state index in [4.69, 9.17) is 0 Å². The molecular weight excluding hydrogens is 256 g/mol. The number of phenolic OH excluding ortho intramolecular Hbond substituents is 4. The van der Waals surface area contributed by atoms with Gasteiger partial charge in [-0.2, -0.15) is 0 Å². The van der Waals surface area contributed by atoms with Crippen LogP contribution in [0.1, 0.15) is 41.9 Å². The molecule has 0 fully saturated rings. The van der Waals surface area contributed by atoms with E-state index in [1.54, 1.807) is 24.3 Å². The molecule has 3 rings (SSSR count). The Labute approximate surface area is 116 Å². The summed E-state index contributed by atoms with van der Waals surface area (Å²) >= 11 is 0. The molecule has 2 aromatic carbocycles. The van der Waals surface area contributed by atoms with E-state index >= 15 is 0 Å². The van der Waals surface area contributed by atoms with E-state index in [2.05, 4.69) is 6.92 Å². The minimum absolute atomic E-state index is 0.0398. The van der Waals surface area contributed by atoms with Gasteiger partial charge >= 0.3 is 0 Å². The van der Waals surface area contributed by atoms with Gasteiger partial charge in [-0.15, -0.1) is 0 Å². The quantitative estimate of drug-likeness (QED) is 0.601. The second kappa shape index (κ2) is 4.34. The molecule has 0 radical (unpaired) electrons. The fourth-order valence-electron chi connectivity index (χ4n) is 3.02. The zero-order valence-electron chi connectivity index (χ0n) is 11.0. The van der Waals surface area contributed by atoms with Crippen LogP contribution in [0.4, 0.5) is 0 Å². The summed E-state index contributed by atoms with van der Waals surface area (Å²) in [5, 5.41) is 38.3. The number of hydrogen-bond donors (Lipinski definition) is 4. The zero-order valence-corrected chi connectivity index (χ0v) is 11.0. The maximum absolute atomic E-state index is 9.69. The van der Waals surface area contributed by atoms with Gasteiger partial charge in [-0.3, -0.25) is 0 Å². The number of rotatable bonds is 1. The van der Waals surface area contributed by atoms with Crippen LogP contribution < -0.4 is 0 Å². The van der Waals surface area contributed by atoms with Crippen LogP contribution in [0.15, 0.2) is 30.3 Å². The van der Waals surface area contributed by atoms with Crippen molar-refractivity contribution in [2.75, 3.05) is 0 Å². The molecule has 4 heteroatoms. The Balaban J connectivity index is 2.10. The number of hydrogen-bond acceptors (Lipinski definition) is 4. The average Bonchev–Trinajstić information content (AvgIpc) is 2.71. The highest BCUT2D eigenvalue weighted by Gasteiger charge is 2.31. The summed E-state index contributed by atoms with van der Waals surface area (Å²) in [6.45, 7) is 2.07. The molecule has 0 aliphatic heterocycles. The molecule has 0 bridgehead atoms. The molecule has 4 N–H and O–H groups in total. The van der Waals surface area contributed by atoms with Crippen molar-refractivity contribution in [3.8, 4) is 23.0 Å². The van der Waals surface area contributed by atoms with Crippen LogP contribution in [0, 0.1) is 0 Å². The van der Waals surface area contributed by atoms with Crippen LogP contribution in [0.2, 0.25) is 0 Å². The normalized spacial score (nSPS) is 20.9. The summed E-state index contributed by atoms with van der Waals surface area (Å²) in [5.41, 5.74) is 2.85. The van der Waals surface area contributed by atoms with E-state index in [1.807, 2.05) is 0 Å². The predicted molar refractivity (Wildman–Crippen MR) is 74.4 cm³/mol. The maximum atomic E-state index is 9.69. The van der Waals surface area contributed by atoms with E-state index in [1.165, 1.54) is 6.07 Å². The van der Waals surface area contributed by atoms with E-state index in [-0.39, 0.29) is 34.8 Å². The van der Waals surface area contributed by atoms with Crippen LogP contribution in [0.25, 0.3) is 0 Å². The Morgan fingerprint density at radius 2 is 1.40 bits per heavy atom. The SMILES string of the molecule is C[C@H]1C[C@@H](c2ccc(O)c(O)c2)c2cc(O)c(O)cc21. The van der Waals surface area contributed by atoms with Crippen LogP contribution in [-0.2, 0) is 0 Å². The first-order valence-corrected chi connectivity index (χ1v) is 6.55. The number of aromatic hydroxyl groups is 4. The summed E-state index contributed by atoms with van der Waals surface area (Å²) in [4.78, 5) is 0. The molecule has 0 unspecified atom stereocenters. The zero-order chi connectivity index (χ0) is 14.4. The third kappa shape index (κ3) is 1.84. The molecule has 0 saturated carbocycles. The Hall–Kier alpha value is -2.36. The fraction of sp³-hybridized carbons (Fsp3) is 0.250. The van der Waals surface area contributed by atoms with Crippen molar-refractivity contribution >= 4 is 0 Å². The van der Waals surface area contributed by atoms with Crippen LogP contribution in [0.5, 0.6) is 23.0 Å². The van der Waals surface area contributed by atoms with Crippen LogP contribution in [-0.4, -0.2) is 20.4 Å². The summed E-state index contributed by atoms with van der Waals surface area (Å²) in [6.07, 6.45) is 0.836. The van der Waals surface area contributed by atoms with Gasteiger partial charge in [0.15, 0.2) is 23.0 Å². The van der Waals surface area contributed by atoms with Gasteiger partial charge < -0.3 is 20.4 Å². The maximum Gasteiger partial charge on any atom is 0.157 e. The molecule has 0 aromatic heterocycles. The van der Waals surface area contributed by atoms with Gasteiger partial charge in [0.2, 0.25) is 0 Å². The Morgan fingerprint density at radius 1 is 0.800 bits per heavy atom. The van der Waals surface area contributed by atoms with E-state index < -0.39 is 0 Å². The van der Waals surface area contributed by atoms with Crippen molar-refractivity contribution in [3.63, 3.8) is 0 Å². The molecule has 4 nitrogen and oxygen atoms in total. The minimum Gasteiger partial charge on any atom is -0.504 e. The first-order chi connectivity index (χ1) is 9.47.